The number of aromatic amines is 1. The Balaban J connectivity index is 1.61. The van der Waals surface area contributed by atoms with Crippen molar-refractivity contribution in [2.45, 2.75) is 32.4 Å². The summed E-state index contributed by atoms with van der Waals surface area (Å²) in [5, 5.41) is 8.86. The summed E-state index contributed by atoms with van der Waals surface area (Å²) in [6, 6.07) is 15.7. The zero-order chi connectivity index (χ0) is 19.6. The molecule has 144 valence electrons. The molecule has 0 aliphatic heterocycles. The first-order chi connectivity index (χ1) is 13.5. The van der Waals surface area contributed by atoms with Gasteiger partial charge in [-0.3, -0.25) is 10.1 Å². The molecule has 0 atom stereocenters. The van der Waals surface area contributed by atoms with E-state index in [1.165, 1.54) is 6.04 Å². The summed E-state index contributed by atoms with van der Waals surface area (Å²) in [5.41, 5.74) is 5.34. The Morgan fingerprint density at radius 2 is 1.86 bits per heavy atom. The Bertz CT molecular complexity index is 1060. The number of rotatable bonds is 7. The highest BCUT2D eigenvalue weighted by Gasteiger charge is 2.14. The van der Waals surface area contributed by atoms with Crippen molar-refractivity contribution in [3.63, 3.8) is 0 Å². The summed E-state index contributed by atoms with van der Waals surface area (Å²) < 4.78 is 8.07. The van der Waals surface area contributed by atoms with Gasteiger partial charge in [0.05, 0.1) is 11.2 Å². The zero-order valence-electron chi connectivity index (χ0n) is 16.6. The van der Waals surface area contributed by atoms with Gasteiger partial charge in [-0.25, -0.2) is 0 Å². The second-order valence-electron chi connectivity index (χ2n) is 8.28. The molecule has 0 fully saturated rings. The topological polar surface area (TPSA) is 55.7 Å². The van der Waals surface area contributed by atoms with Gasteiger partial charge in [-0.1, -0.05) is 25.7 Å². The summed E-state index contributed by atoms with van der Waals surface area (Å²) in [7, 11) is -1.08. The Kier molecular flexibility index (Phi) is 5.15. The van der Waals surface area contributed by atoms with Gasteiger partial charge in [0.2, 0.25) is 0 Å². The van der Waals surface area contributed by atoms with E-state index in [9.17, 15) is 0 Å². The second-order valence-corrected chi connectivity index (χ2v) is 13.9. The molecule has 0 aliphatic rings. The van der Waals surface area contributed by atoms with E-state index in [4.69, 9.17) is 4.74 Å². The van der Waals surface area contributed by atoms with Crippen LogP contribution >= 0.6 is 0 Å². The Morgan fingerprint density at radius 3 is 2.64 bits per heavy atom. The summed E-state index contributed by atoms with van der Waals surface area (Å²) in [4.78, 5) is 4.11. The zero-order valence-corrected chi connectivity index (χ0v) is 17.6. The molecule has 0 aliphatic carbocycles. The molecule has 6 heteroatoms. The van der Waals surface area contributed by atoms with Crippen molar-refractivity contribution < 1.29 is 4.74 Å². The summed E-state index contributed by atoms with van der Waals surface area (Å²) in [6.45, 7) is 8.46. The minimum Gasteiger partial charge on any atom is -0.361 e. The monoisotopic (exact) mass is 390 g/mol. The summed E-state index contributed by atoms with van der Waals surface area (Å²) in [6.07, 6.45) is 5.69. The van der Waals surface area contributed by atoms with Crippen LogP contribution < -0.4 is 0 Å². The van der Waals surface area contributed by atoms with Crippen LogP contribution in [0.5, 0.6) is 0 Å². The molecule has 4 rings (SSSR count). The lowest BCUT2D eigenvalue weighted by Crippen LogP contribution is -2.22. The number of nitrogens with one attached hydrogen (secondary N) is 1. The number of ether oxygens (including phenoxy) is 1. The third kappa shape index (κ3) is 4.08. The molecule has 3 heterocycles. The molecule has 4 aromatic rings. The lowest BCUT2D eigenvalue weighted by atomic mass is 10.0. The SMILES string of the molecule is C[Si](C)(C)CCOCn1cccc1-c1n[nH]c2ccc(-c3ccncc3)cc12. The maximum atomic E-state index is 5.95. The number of fused-ring (bicyclic) bond motifs is 1. The smallest absolute Gasteiger partial charge is 0.122 e. The van der Waals surface area contributed by atoms with Crippen molar-refractivity contribution in [2.75, 3.05) is 6.61 Å². The highest BCUT2D eigenvalue weighted by atomic mass is 28.3. The third-order valence-corrected chi connectivity index (χ3v) is 6.58. The van der Waals surface area contributed by atoms with E-state index in [0.29, 0.717) is 6.73 Å². The summed E-state index contributed by atoms with van der Waals surface area (Å²) >= 11 is 0. The van der Waals surface area contributed by atoms with Gasteiger partial charge >= 0.3 is 0 Å². The summed E-state index contributed by atoms with van der Waals surface area (Å²) in [5.74, 6) is 0. The van der Waals surface area contributed by atoms with Gasteiger partial charge in [0, 0.05) is 38.7 Å². The Morgan fingerprint density at radius 1 is 1.04 bits per heavy atom. The normalized spacial score (nSPS) is 12.0. The number of aromatic nitrogens is 4. The molecule has 5 nitrogen and oxygen atoms in total. The molecule has 1 N–H and O–H groups in total. The van der Waals surface area contributed by atoms with E-state index in [-0.39, 0.29) is 0 Å². The van der Waals surface area contributed by atoms with Crippen LogP contribution in [-0.2, 0) is 11.5 Å². The fraction of sp³-hybridized carbons (Fsp3) is 0.273. The number of hydrogen-bond acceptors (Lipinski definition) is 3. The lowest BCUT2D eigenvalue weighted by Gasteiger charge is -2.16. The minimum absolute atomic E-state index is 0.547. The van der Waals surface area contributed by atoms with Crippen molar-refractivity contribution >= 4 is 19.0 Å². The standard InChI is InChI=1S/C22H26N4OSi/c1-28(2,3)14-13-27-16-26-12-4-5-21(26)22-19-15-18(6-7-20(19)24-25-22)17-8-10-23-11-9-17/h4-12,15H,13-14,16H2,1-3H3,(H,24,25). The maximum absolute atomic E-state index is 5.95. The van der Waals surface area contributed by atoms with Gasteiger partial charge in [0.25, 0.3) is 0 Å². The molecule has 3 aromatic heterocycles. The van der Waals surface area contributed by atoms with E-state index in [0.717, 1.165) is 40.0 Å². The van der Waals surface area contributed by atoms with Gasteiger partial charge in [-0.15, -0.1) is 0 Å². The molecule has 28 heavy (non-hydrogen) atoms. The molecule has 0 saturated carbocycles. The fourth-order valence-corrected chi connectivity index (χ4v) is 3.97. The number of benzene rings is 1. The van der Waals surface area contributed by atoms with Crippen LogP contribution in [0.4, 0.5) is 0 Å². The first kappa shape index (κ1) is 18.7. The van der Waals surface area contributed by atoms with Gasteiger partial charge in [-0.05, 0) is 53.6 Å². The van der Waals surface area contributed by atoms with Crippen molar-refractivity contribution in [1.82, 2.24) is 19.7 Å². The molecular weight excluding hydrogens is 364 g/mol. The average Bonchev–Trinajstić information content (AvgIpc) is 3.31. The molecule has 0 saturated heterocycles. The van der Waals surface area contributed by atoms with Gasteiger partial charge in [0.1, 0.15) is 12.4 Å². The van der Waals surface area contributed by atoms with E-state index in [1.807, 2.05) is 30.6 Å². The molecular formula is C22H26N4OSi. The Hall–Kier alpha value is -2.70. The average molecular weight is 391 g/mol. The van der Waals surface area contributed by atoms with E-state index in [1.54, 1.807) is 0 Å². The van der Waals surface area contributed by atoms with Crippen LogP contribution in [0, 0.1) is 0 Å². The molecule has 0 bridgehead atoms. The highest BCUT2D eigenvalue weighted by molar-refractivity contribution is 6.76. The molecule has 1 aromatic carbocycles. The number of hydrogen-bond donors (Lipinski definition) is 1. The lowest BCUT2D eigenvalue weighted by molar-refractivity contribution is 0.0885. The van der Waals surface area contributed by atoms with Gasteiger partial charge in [-0.2, -0.15) is 5.10 Å². The predicted molar refractivity (Wildman–Crippen MR) is 117 cm³/mol. The van der Waals surface area contributed by atoms with Crippen molar-refractivity contribution in [2.24, 2.45) is 0 Å². The highest BCUT2D eigenvalue weighted by Crippen LogP contribution is 2.30. The largest absolute Gasteiger partial charge is 0.361 e. The number of nitrogens with zero attached hydrogens (tertiary/aromatic N) is 3. The van der Waals surface area contributed by atoms with Crippen LogP contribution in [0.1, 0.15) is 0 Å². The number of pyridine rings is 1. The first-order valence-corrected chi connectivity index (χ1v) is 13.3. The van der Waals surface area contributed by atoms with Crippen molar-refractivity contribution in [1.29, 1.82) is 0 Å². The fourth-order valence-electron chi connectivity index (χ4n) is 3.22. The Labute approximate surface area is 166 Å². The number of H-pyrrole nitrogens is 1. The third-order valence-electron chi connectivity index (χ3n) is 4.88. The quantitative estimate of drug-likeness (QED) is 0.339. The van der Waals surface area contributed by atoms with Gasteiger partial charge < -0.3 is 9.30 Å². The molecule has 0 unspecified atom stereocenters. The van der Waals surface area contributed by atoms with Crippen molar-refractivity contribution in [3.8, 4) is 22.5 Å². The van der Waals surface area contributed by atoms with Crippen LogP contribution in [0.2, 0.25) is 25.7 Å². The van der Waals surface area contributed by atoms with Crippen LogP contribution in [-0.4, -0.2) is 34.4 Å². The predicted octanol–water partition coefficient (Wildman–Crippen LogP) is 5.41. The molecule has 0 spiro atoms. The molecule has 0 amide bonds. The first-order valence-electron chi connectivity index (χ1n) is 9.63. The van der Waals surface area contributed by atoms with Crippen LogP contribution in [0.25, 0.3) is 33.4 Å². The maximum Gasteiger partial charge on any atom is 0.122 e. The second kappa shape index (κ2) is 7.73. The minimum atomic E-state index is -1.08. The van der Waals surface area contributed by atoms with E-state index >= 15 is 0 Å². The molecule has 0 radical (unpaired) electrons. The van der Waals surface area contributed by atoms with Crippen molar-refractivity contribution in [3.05, 3.63) is 61.1 Å². The van der Waals surface area contributed by atoms with Gasteiger partial charge in [0.15, 0.2) is 0 Å². The van der Waals surface area contributed by atoms with E-state index in [2.05, 4.69) is 69.9 Å². The van der Waals surface area contributed by atoms with Crippen LogP contribution in [0.15, 0.2) is 61.1 Å². The van der Waals surface area contributed by atoms with Crippen LogP contribution in [0.3, 0.4) is 0 Å². The van der Waals surface area contributed by atoms with E-state index < -0.39 is 8.07 Å².